The summed E-state index contributed by atoms with van der Waals surface area (Å²) in [6.07, 6.45) is 9.00. The summed E-state index contributed by atoms with van der Waals surface area (Å²) in [6, 6.07) is 10.1. The number of hydrogen-bond donors (Lipinski definition) is 1. The van der Waals surface area contributed by atoms with Gasteiger partial charge in [-0.3, -0.25) is 0 Å². The summed E-state index contributed by atoms with van der Waals surface area (Å²) in [7, 11) is 0. The molecule has 67 valence electrons. The first kappa shape index (κ1) is 15.6. The summed E-state index contributed by atoms with van der Waals surface area (Å²) in [6.45, 7) is 0. The molecule has 0 atom stereocenters. The second-order valence-electron chi connectivity index (χ2n) is 1.48. The smallest absolute Gasteiger partial charge is 0.0435 e. The molecule has 13 heavy (non-hydrogen) atoms. The molecule has 1 rings (SSSR count). The van der Waals surface area contributed by atoms with Crippen LogP contribution in [0.25, 0.3) is 0 Å². The van der Waals surface area contributed by atoms with Crippen molar-refractivity contribution in [1.82, 2.24) is 0 Å². The van der Waals surface area contributed by atoms with Crippen LogP contribution in [0.1, 0.15) is 0 Å². The van der Waals surface area contributed by atoms with Gasteiger partial charge in [0.05, 0.1) is 0 Å². The van der Waals surface area contributed by atoms with Gasteiger partial charge in [-0.25, -0.2) is 0 Å². The van der Waals surface area contributed by atoms with E-state index in [1.807, 2.05) is 12.1 Å². The zero-order valence-electron chi connectivity index (χ0n) is 6.77. The Hall–Kier alpha value is 0.114. The molecule has 5 heteroatoms. The molecule has 0 bridgehead atoms. The van der Waals surface area contributed by atoms with E-state index >= 15 is 0 Å². The van der Waals surface area contributed by atoms with Gasteiger partial charge in [0, 0.05) is 44.8 Å². The summed E-state index contributed by atoms with van der Waals surface area (Å²) in [5, 5.41) is 0. The van der Waals surface area contributed by atoms with Gasteiger partial charge in [0.25, 0.3) is 0 Å². The second-order valence-corrected chi connectivity index (χ2v) is 2.26. The van der Waals surface area contributed by atoms with E-state index in [1.165, 1.54) is 0 Å². The molecule has 0 fully saturated rings. The van der Waals surface area contributed by atoms with Crippen molar-refractivity contribution in [3.05, 3.63) is 36.8 Å². The predicted octanol–water partition coefficient (Wildman–Crippen LogP) is 1.52. The predicted molar refractivity (Wildman–Crippen MR) is 45.7 cm³/mol. The van der Waals surface area contributed by atoms with Crippen LogP contribution in [0.5, 0.6) is 0 Å². The summed E-state index contributed by atoms with van der Waals surface area (Å²) in [5.41, 5.74) is 0. The van der Waals surface area contributed by atoms with E-state index in [0.717, 1.165) is 16.9 Å². The van der Waals surface area contributed by atoms with Crippen molar-refractivity contribution in [2.24, 2.45) is 5.90 Å². The van der Waals surface area contributed by atoms with E-state index < -0.39 is 0 Å². The first-order chi connectivity index (χ1) is 5.93. The van der Waals surface area contributed by atoms with E-state index in [4.69, 9.17) is 6.42 Å². The first-order valence-electron chi connectivity index (χ1n) is 2.88. The fraction of sp³-hybridized carbons (Fsp3) is 0. The van der Waals surface area contributed by atoms with Crippen LogP contribution in [0.4, 0.5) is 0 Å². The Morgan fingerprint density at radius 3 is 2.38 bits per heavy atom. The number of rotatable bonds is 3. The monoisotopic (exact) mass is 270 g/mol. The molecule has 0 aliphatic rings. The molecule has 0 saturated heterocycles. The Balaban J connectivity index is 0. The third-order valence-electron chi connectivity index (χ3n) is 0.857. The normalized spacial score (nSPS) is 7.62. The molecule has 1 radical (unpaired) electrons. The van der Waals surface area contributed by atoms with Crippen molar-refractivity contribution in [2.75, 3.05) is 0 Å². The van der Waals surface area contributed by atoms with E-state index in [0.29, 0.717) is 0 Å². The van der Waals surface area contributed by atoms with Gasteiger partial charge in [-0.15, -0.1) is 9.32 Å². The Morgan fingerprint density at radius 1 is 1.38 bits per heavy atom. The Kier molecular flexibility index (Phi) is 14.5. The Bertz CT molecular complexity index is 218. The summed E-state index contributed by atoms with van der Waals surface area (Å²) in [4.78, 5) is 4.82. The summed E-state index contributed by atoms with van der Waals surface area (Å²) < 4.78 is 4.40. The molecule has 2 N–H and O–H groups in total. The largest absolute Gasteiger partial charge is 0.697 e. The first-order valence-corrected chi connectivity index (χ1v) is 3.62. The maximum Gasteiger partial charge on any atom is 0.0435 e. The number of benzene rings is 1. The van der Waals surface area contributed by atoms with Crippen molar-refractivity contribution >= 4 is 12.0 Å². The molecular formula is C8H7NO2SY-2. The van der Waals surface area contributed by atoms with E-state index in [1.54, 1.807) is 12.1 Å². The molecule has 1 aromatic carbocycles. The minimum absolute atomic E-state index is 0. The fourth-order valence-electron chi connectivity index (χ4n) is 0.486. The second kappa shape index (κ2) is 12.1. The molecule has 0 aliphatic heterocycles. The van der Waals surface area contributed by atoms with Gasteiger partial charge >= 0.3 is 0 Å². The zero-order valence-corrected chi connectivity index (χ0v) is 10.4. The maximum atomic E-state index is 5.25. The van der Waals surface area contributed by atoms with Crippen LogP contribution >= 0.6 is 12.0 Å². The van der Waals surface area contributed by atoms with Crippen molar-refractivity contribution < 1.29 is 42.0 Å². The van der Waals surface area contributed by atoms with Crippen LogP contribution < -0.4 is 5.90 Å². The van der Waals surface area contributed by atoms with Gasteiger partial charge < -0.3 is 12.8 Å². The SMILES string of the molecule is NOOSc1cc[c-]cc1.[C-]#C.[Y]. The molecule has 0 unspecified atom stereocenters. The van der Waals surface area contributed by atoms with Gasteiger partial charge in [-0.05, 0) is 0 Å². The van der Waals surface area contributed by atoms with Crippen LogP contribution in [0.15, 0.2) is 29.2 Å². The fourth-order valence-corrected chi connectivity index (χ4v) is 0.851. The van der Waals surface area contributed by atoms with E-state index in [-0.39, 0.29) is 32.7 Å². The van der Waals surface area contributed by atoms with Crippen molar-refractivity contribution in [2.45, 2.75) is 4.90 Å². The van der Waals surface area contributed by atoms with Gasteiger partial charge in [-0.2, -0.15) is 36.2 Å². The molecule has 0 spiro atoms. The minimum Gasteiger partial charge on any atom is -0.697 e. The molecule has 0 heterocycles. The van der Waals surface area contributed by atoms with E-state index in [9.17, 15) is 0 Å². The number of hydrogen-bond acceptors (Lipinski definition) is 4. The van der Waals surface area contributed by atoms with Crippen molar-refractivity contribution in [3.63, 3.8) is 0 Å². The molecule has 1 aromatic rings. The molecule has 0 aromatic heterocycles. The molecule has 3 nitrogen and oxygen atoms in total. The number of terminal acetylenes is 1. The molecule has 0 saturated carbocycles. The van der Waals surface area contributed by atoms with Gasteiger partial charge in [-0.1, -0.05) is 4.90 Å². The number of nitrogens with two attached hydrogens (primary N) is 1. The van der Waals surface area contributed by atoms with Gasteiger partial charge in [0.2, 0.25) is 0 Å². The Morgan fingerprint density at radius 2 is 1.92 bits per heavy atom. The van der Waals surface area contributed by atoms with E-state index in [2.05, 4.69) is 27.7 Å². The van der Waals surface area contributed by atoms with Crippen LogP contribution in [-0.2, 0) is 42.0 Å². The molecular weight excluding hydrogens is 263 g/mol. The van der Waals surface area contributed by atoms with Gasteiger partial charge in [0.15, 0.2) is 0 Å². The average Bonchev–Trinajstić information content (AvgIpc) is 2.19. The maximum absolute atomic E-state index is 5.25. The summed E-state index contributed by atoms with van der Waals surface area (Å²) >= 11 is 1.05. The minimum atomic E-state index is 0. The van der Waals surface area contributed by atoms with Crippen LogP contribution in [-0.4, -0.2) is 0 Å². The topological polar surface area (TPSA) is 44.5 Å². The Labute approximate surface area is 107 Å². The molecule has 0 aliphatic carbocycles. The van der Waals surface area contributed by atoms with Crippen LogP contribution in [0, 0.1) is 18.9 Å². The average molecular weight is 270 g/mol. The van der Waals surface area contributed by atoms with Gasteiger partial charge in [0.1, 0.15) is 0 Å². The van der Waals surface area contributed by atoms with Crippen molar-refractivity contribution in [1.29, 1.82) is 0 Å². The third kappa shape index (κ3) is 8.44. The van der Waals surface area contributed by atoms with Crippen molar-refractivity contribution in [3.8, 4) is 6.42 Å². The van der Waals surface area contributed by atoms with Crippen LogP contribution in [0.2, 0.25) is 0 Å². The third-order valence-corrected chi connectivity index (χ3v) is 1.47. The molecule has 0 amide bonds. The van der Waals surface area contributed by atoms with Crippen LogP contribution in [0.3, 0.4) is 0 Å². The quantitative estimate of drug-likeness (QED) is 0.297. The zero-order chi connectivity index (χ0) is 9.23. The summed E-state index contributed by atoms with van der Waals surface area (Å²) in [5.74, 6) is 4.63. The standard InChI is InChI=1S/C6H6NO2S.C2H.Y/c7-8-9-10-6-4-2-1-3-5-6;1-2;/h2-5H,7H2;1H;/q2*-1;.